The summed E-state index contributed by atoms with van der Waals surface area (Å²) in [6.07, 6.45) is 0.774. The van der Waals surface area contributed by atoms with E-state index in [-0.39, 0.29) is 28.6 Å². The number of carbonyl (C=O) groups is 2. The van der Waals surface area contributed by atoms with Crippen LogP contribution in [0.1, 0.15) is 37.6 Å². The molecule has 3 N–H and O–H groups in total. The first-order chi connectivity index (χ1) is 9.25. The molecule has 0 aliphatic rings. The average molecular weight is 299 g/mol. The predicted octanol–water partition coefficient (Wildman–Crippen LogP) is 2.38. The van der Waals surface area contributed by atoms with E-state index in [0.717, 1.165) is 6.42 Å². The Morgan fingerprint density at radius 3 is 2.60 bits per heavy atom. The van der Waals surface area contributed by atoms with Gasteiger partial charge in [0.2, 0.25) is 0 Å². The van der Waals surface area contributed by atoms with Crippen LogP contribution in [0.3, 0.4) is 0 Å². The number of nitrogens with one attached hydrogen (secondary N) is 1. The lowest BCUT2D eigenvalue weighted by molar-refractivity contribution is -0.125. The van der Waals surface area contributed by atoms with Gasteiger partial charge in [0.05, 0.1) is 10.6 Å². The highest BCUT2D eigenvalue weighted by atomic mass is 35.5. The van der Waals surface area contributed by atoms with E-state index in [4.69, 9.17) is 22.1 Å². The summed E-state index contributed by atoms with van der Waals surface area (Å²) in [4.78, 5) is 23.4. The van der Waals surface area contributed by atoms with Crippen molar-refractivity contribution < 1.29 is 14.3 Å². The van der Waals surface area contributed by atoms with Crippen molar-refractivity contribution in [3.8, 4) is 0 Å². The number of benzene rings is 1. The summed E-state index contributed by atoms with van der Waals surface area (Å²) in [5.74, 6) is -1.00. The summed E-state index contributed by atoms with van der Waals surface area (Å²) in [7, 11) is 0. The highest BCUT2D eigenvalue weighted by molar-refractivity contribution is 6.33. The van der Waals surface area contributed by atoms with Gasteiger partial charge in [-0.05, 0) is 38.5 Å². The Morgan fingerprint density at radius 1 is 1.40 bits per heavy atom. The molecule has 6 heteroatoms. The van der Waals surface area contributed by atoms with Gasteiger partial charge in [-0.1, -0.05) is 18.5 Å². The van der Waals surface area contributed by atoms with Gasteiger partial charge >= 0.3 is 5.97 Å². The third kappa shape index (κ3) is 4.74. The average Bonchev–Trinajstić information content (AvgIpc) is 2.35. The number of anilines is 1. The molecule has 5 nitrogen and oxygen atoms in total. The van der Waals surface area contributed by atoms with E-state index in [0.29, 0.717) is 5.69 Å². The van der Waals surface area contributed by atoms with Crippen LogP contribution in [0.4, 0.5) is 5.69 Å². The van der Waals surface area contributed by atoms with E-state index in [2.05, 4.69) is 5.32 Å². The van der Waals surface area contributed by atoms with E-state index < -0.39 is 5.97 Å². The van der Waals surface area contributed by atoms with Crippen LogP contribution in [0.25, 0.3) is 0 Å². The minimum Gasteiger partial charge on any atom is -0.452 e. The van der Waals surface area contributed by atoms with Gasteiger partial charge in [-0.15, -0.1) is 0 Å². The summed E-state index contributed by atoms with van der Waals surface area (Å²) >= 11 is 5.89. The number of nitrogen functional groups attached to an aromatic ring is 1. The van der Waals surface area contributed by atoms with E-state index >= 15 is 0 Å². The molecule has 1 aromatic rings. The molecule has 0 heterocycles. The molecule has 0 saturated carbocycles. The normalized spacial score (nSPS) is 11.0. The van der Waals surface area contributed by atoms with Crippen LogP contribution in [0.5, 0.6) is 0 Å². The minimum absolute atomic E-state index is 0.184. The number of rotatable bonds is 5. The van der Waals surface area contributed by atoms with Gasteiger partial charge in [0, 0.05) is 11.2 Å². The van der Waals surface area contributed by atoms with Crippen molar-refractivity contribution in [1.82, 2.24) is 5.32 Å². The fourth-order valence-corrected chi connectivity index (χ4v) is 1.67. The number of halogens is 1. The number of nitrogens with two attached hydrogens (primary N) is 1. The Hall–Kier alpha value is -1.75. The monoisotopic (exact) mass is 298 g/mol. The fraction of sp³-hybridized carbons (Fsp3) is 0.429. The number of ether oxygens (including phenoxy) is 1. The van der Waals surface area contributed by atoms with Crippen LogP contribution < -0.4 is 11.1 Å². The highest BCUT2D eigenvalue weighted by Crippen LogP contribution is 2.19. The van der Waals surface area contributed by atoms with Crippen LogP contribution >= 0.6 is 11.6 Å². The van der Waals surface area contributed by atoms with Crippen molar-refractivity contribution in [3.05, 3.63) is 28.8 Å². The zero-order valence-corrected chi connectivity index (χ0v) is 12.6. The first-order valence-corrected chi connectivity index (χ1v) is 6.66. The minimum atomic E-state index is -0.653. The predicted molar refractivity (Wildman–Crippen MR) is 78.7 cm³/mol. The van der Waals surface area contributed by atoms with Gasteiger partial charge in [0.25, 0.3) is 5.91 Å². The van der Waals surface area contributed by atoms with Crippen LogP contribution in [0, 0.1) is 0 Å². The second kappa shape index (κ2) is 6.61. The highest BCUT2D eigenvalue weighted by Gasteiger charge is 2.19. The lowest BCUT2D eigenvalue weighted by Crippen LogP contribution is -2.44. The number of esters is 1. The molecule has 0 saturated heterocycles. The summed E-state index contributed by atoms with van der Waals surface area (Å²) in [5, 5.41) is 2.97. The zero-order chi connectivity index (χ0) is 15.3. The zero-order valence-electron chi connectivity index (χ0n) is 11.8. The lowest BCUT2D eigenvalue weighted by Gasteiger charge is -2.24. The molecular weight excluding hydrogens is 280 g/mol. The van der Waals surface area contributed by atoms with Crippen LogP contribution in [-0.2, 0) is 9.53 Å². The first-order valence-electron chi connectivity index (χ1n) is 6.28. The molecule has 1 aromatic carbocycles. The molecular formula is C14H19ClN2O3. The number of amides is 1. The van der Waals surface area contributed by atoms with Crippen LogP contribution in [0.15, 0.2) is 18.2 Å². The standard InChI is InChI=1S/C14H19ClN2O3/c1-4-14(2,3)17-12(18)8-20-13(19)10-6-5-9(16)7-11(10)15/h5-7H,4,8,16H2,1-3H3,(H,17,18). The first kappa shape index (κ1) is 16.3. The topological polar surface area (TPSA) is 81.4 Å². The lowest BCUT2D eigenvalue weighted by atomic mass is 10.0. The third-order valence-corrected chi connectivity index (χ3v) is 3.22. The molecule has 0 aliphatic carbocycles. The van der Waals surface area contributed by atoms with Gasteiger partial charge in [0.1, 0.15) is 0 Å². The van der Waals surface area contributed by atoms with Gasteiger partial charge in [-0.3, -0.25) is 4.79 Å². The molecule has 0 aromatic heterocycles. The van der Waals surface area contributed by atoms with Gasteiger partial charge in [-0.2, -0.15) is 0 Å². The molecule has 0 atom stereocenters. The Kier molecular flexibility index (Phi) is 5.39. The van der Waals surface area contributed by atoms with Crippen molar-refractivity contribution in [1.29, 1.82) is 0 Å². The molecule has 0 bridgehead atoms. The maximum Gasteiger partial charge on any atom is 0.340 e. The molecule has 20 heavy (non-hydrogen) atoms. The summed E-state index contributed by atoms with van der Waals surface area (Å²) in [6.45, 7) is 5.40. The van der Waals surface area contributed by atoms with E-state index in [1.54, 1.807) is 6.07 Å². The van der Waals surface area contributed by atoms with E-state index in [1.165, 1.54) is 12.1 Å². The second-order valence-electron chi connectivity index (χ2n) is 5.10. The van der Waals surface area contributed by atoms with Gasteiger partial charge < -0.3 is 15.8 Å². The molecule has 0 spiro atoms. The fourth-order valence-electron chi connectivity index (χ4n) is 1.41. The SMILES string of the molecule is CCC(C)(C)NC(=O)COC(=O)c1ccc(N)cc1Cl. The van der Waals surface area contributed by atoms with E-state index in [9.17, 15) is 9.59 Å². The summed E-state index contributed by atoms with van der Waals surface area (Å²) in [6, 6.07) is 4.47. The molecule has 110 valence electrons. The molecule has 0 radical (unpaired) electrons. The van der Waals surface area contributed by atoms with Crippen molar-refractivity contribution in [2.75, 3.05) is 12.3 Å². The second-order valence-corrected chi connectivity index (χ2v) is 5.51. The van der Waals surface area contributed by atoms with E-state index in [1.807, 2.05) is 20.8 Å². The largest absolute Gasteiger partial charge is 0.452 e. The Labute approximate surface area is 123 Å². The van der Waals surface area contributed by atoms with Crippen molar-refractivity contribution in [2.24, 2.45) is 0 Å². The number of hydrogen-bond donors (Lipinski definition) is 2. The molecule has 0 unspecified atom stereocenters. The molecule has 1 amide bonds. The number of hydrogen-bond acceptors (Lipinski definition) is 4. The molecule has 0 aliphatic heterocycles. The van der Waals surface area contributed by atoms with Gasteiger partial charge in [0.15, 0.2) is 6.61 Å². The molecule has 1 rings (SSSR count). The van der Waals surface area contributed by atoms with Crippen LogP contribution in [0.2, 0.25) is 5.02 Å². The third-order valence-electron chi connectivity index (χ3n) is 2.91. The molecule has 0 fully saturated rings. The Bertz CT molecular complexity index is 515. The Balaban J connectivity index is 2.57. The van der Waals surface area contributed by atoms with Crippen LogP contribution in [-0.4, -0.2) is 24.0 Å². The number of carbonyl (C=O) groups excluding carboxylic acids is 2. The van der Waals surface area contributed by atoms with Gasteiger partial charge in [-0.25, -0.2) is 4.79 Å². The van der Waals surface area contributed by atoms with Crippen molar-refractivity contribution in [2.45, 2.75) is 32.7 Å². The summed E-state index contributed by atoms with van der Waals surface area (Å²) in [5.41, 5.74) is 5.84. The maximum atomic E-state index is 11.8. The maximum absolute atomic E-state index is 11.8. The summed E-state index contributed by atoms with van der Waals surface area (Å²) < 4.78 is 4.92. The van der Waals surface area contributed by atoms with Crippen molar-refractivity contribution >= 4 is 29.2 Å². The smallest absolute Gasteiger partial charge is 0.340 e. The Morgan fingerprint density at radius 2 is 2.05 bits per heavy atom. The van der Waals surface area contributed by atoms with Crippen molar-refractivity contribution in [3.63, 3.8) is 0 Å². The quantitative estimate of drug-likeness (QED) is 0.646.